The predicted octanol–water partition coefficient (Wildman–Crippen LogP) is 4.17. The van der Waals surface area contributed by atoms with Gasteiger partial charge in [-0.25, -0.2) is 27.9 Å². The van der Waals surface area contributed by atoms with Gasteiger partial charge in [0.1, 0.15) is 5.60 Å². The molecule has 1 fully saturated rings. The number of sulfonamides is 1. The molecule has 0 radical (unpaired) electrons. The molecule has 198 valence electrons. The van der Waals surface area contributed by atoms with Crippen molar-refractivity contribution in [2.75, 3.05) is 5.73 Å². The number of aryl methyl sites for hydroxylation is 1. The molecule has 3 rings (SSSR count). The Morgan fingerprint density at radius 2 is 1.72 bits per heavy atom. The zero-order chi connectivity index (χ0) is 26.9. The van der Waals surface area contributed by atoms with Crippen molar-refractivity contribution in [1.29, 1.82) is 0 Å². The van der Waals surface area contributed by atoms with E-state index in [-0.39, 0.29) is 17.6 Å². The minimum atomic E-state index is -4.88. The third-order valence-corrected chi connectivity index (χ3v) is 7.22. The number of rotatable bonds is 5. The van der Waals surface area contributed by atoms with Crippen molar-refractivity contribution in [2.45, 2.75) is 82.1 Å². The van der Waals surface area contributed by atoms with Crippen LogP contribution in [0.25, 0.3) is 11.1 Å². The molecular weight excluding hydrogens is 499 g/mol. The number of alkyl carbamates (subject to hydrolysis) is 1. The van der Waals surface area contributed by atoms with Crippen LogP contribution in [0.15, 0.2) is 29.3 Å². The second kappa shape index (κ2) is 10.2. The lowest BCUT2D eigenvalue weighted by molar-refractivity contribution is -0.139. The van der Waals surface area contributed by atoms with E-state index in [1.807, 2.05) is 0 Å². The molecule has 1 aromatic heterocycles. The van der Waals surface area contributed by atoms with E-state index >= 15 is 0 Å². The molecule has 0 aliphatic heterocycles. The van der Waals surface area contributed by atoms with Crippen molar-refractivity contribution < 1.29 is 31.1 Å². The molecule has 0 unspecified atom stereocenters. The van der Waals surface area contributed by atoms with E-state index in [4.69, 9.17) is 10.5 Å². The maximum Gasteiger partial charge on any atom is 0.417 e. The number of benzene rings is 1. The zero-order valence-corrected chi connectivity index (χ0v) is 21.3. The second-order valence-electron chi connectivity index (χ2n) is 9.75. The molecule has 1 amide bonds. The van der Waals surface area contributed by atoms with E-state index in [9.17, 15) is 26.4 Å². The lowest BCUT2D eigenvalue weighted by atomic mass is 9.92. The fraction of sp³-hybridized carbons (Fsp3) is 0.522. The fourth-order valence-corrected chi connectivity index (χ4v) is 5.58. The van der Waals surface area contributed by atoms with Crippen LogP contribution in [0.2, 0.25) is 0 Å². The topological polar surface area (TPSA) is 136 Å². The standard InChI is InChI=1S/C23H30F3N5O4S/c1-13-17(12-28-20(27)29-13)14-5-10-18(23(24,25)26)19(11-14)36(33,34)31-16-8-6-15(7-9-16)30-21(32)35-22(2,3)4/h5,10-12,15-16,31H,6-9H2,1-4H3,(H,30,32)(H2,27,28,29)/t15-,16-. The summed E-state index contributed by atoms with van der Waals surface area (Å²) in [4.78, 5) is 19.0. The van der Waals surface area contributed by atoms with Crippen LogP contribution in [-0.2, 0) is 20.9 Å². The molecule has 0 bridgehead atoms. The van der Waals surface area contributed by atoms with Gasteiger partial charge in [0.25, 0.3) is 0 Å². The molecule has 13 heteroatoms. The maximum absolute atomic E-state index is 13.7. The molecule has 9 nitrogen and oxygen atoms in total. The Morgan fingerprint density at radius 1 is 1.11 bits per heavy atom. The Morgan fingerprint density at radius 3 is 2.28 bits per heavy atom. The fourth-order valence-electron chi connectivity index (χ4n) is 4.03. The Labute approximate surface area is 208 Å². The van der Waals surface area contributed by atoms with Gasteiger partial charge in [-0.1, -0.05) is 6.07 Å². The molecule has 36 heavy (non-hydrogen) atoms. The number of amides is 1. The first kappa shape index (κ1) is 27.7. The average Bonchev–Trinajstić information content (AvgIpc) is 2.72. The Bertz CT molecular complexity index is 1220. The molecule has 1 heterocycles. The highest BCUT2D eigenvalue weighted by molar-refractivity contribution is 7.89. The molecule has 4 N–H and O–H groups in total. The van der Waals surface area contributed by atoms with Crippen LogP contribution in [0.3, 0.4) is 0 Å². The summed E-state index contributed by atoms with van der Waals surface area (Å²) in [6.45, 7) is 6.82. The summed E-state index contributed by atoms with van der Waals surface area (Å²) in [6, 6.07) is 2.09. The van der Waals surface area contributed by atoms with Gasteiger partial charge in [0.05, 0.1) is 16.2 Å². The molecule has 1 aliphatic rings. The summed E-state index contributed by atoms with van der Waals surface area (Å²) in [7, 11) is -4.54. The SMILES string of the molecule is Cc1nc(N)ncc1-c1ccc(C(F)(F)F)c(S(=O)(=O)N[C@H]2CC[C@H](NC(=O)OC(C)(C)C)CC2)c1. The minimum Gasteiger partial charge on any atom is -0.444 e. The number of nitrogens with zero attached hydrogens (tertiary/aromatic N) is 2. The van der Waals surface area contributed by atoms with Crippen LogP contribution in [0.5, 0.6) is 0 Å². The van der Waals surface area contributed by atoms with Crippen LogP contribution in [-0.4, -0.2) is 42.2 Å². The number of halogens is 3. The van der Waals surface area contributed by atoms with E-state index in [2.05, 4.69) is 20.0 Å². The number of ether oxygens (including phenoxy) is 1. The van der Waals surface area contributed by atoms with E-state index in [0.29, 0.717) is 36.9 Å². The molecule has 1 aromatic carbocycles. The van der Waals surface area contributed by atoms with Gasteiger partial charge >= 0.3 is 12.3 Å². The molecular formula is C23H30F3N5O4S. The van der Waals surface area contributed by atoms with Gasteiger partial charge in [-0.2, -0.15) is 13.2 Å². The third-order valence-electron chi connectivity index (χ3n) is 5.66. The van der Waals surface area contributed by atoms with Crippen molar-refractivity contribution in [3.63, 3.8) is 0 Å². The lowest BCUT2D eigenvalue weighted by Gasteiger charge is -2.30. The van der Waals surface area contributed by atoms with Crippen molar-refractivity contribution in [3.05, 3.63) is 35.7 Å². The summed E-state index contributed by atoms with van der Waals surface area (Å²) < 4.78 is 75.1. The van der Waals surface area contributed by atoms with Crippen LogP contribution in [0.1, 0.15) is 57.7 Å². The smallest absolute Gasteiger partial charge is 0.417 e. The largest absolute Gasteiger partial charge is 0.444 e. The van der Waals surface area contributed by atoms with Crippen molar-refractivity contribution in [3.8, 4) is 11.1 Å². The van der Waals surface area contributed by atoms with Gasteiger partial charge < -0.3 is 15.8 Å². The number of nitrogen functional groups attached to an aromatic ring is 1. The predicted molar refractivity (Wildman–Crippen MR) is 127 cm³/mol. The monoisotopic (exact) mass is 529 g/mol. The van der Waals surface area contributed by atoms with E-state index in [1.54, 1.807) is 27.7 Å². The number of carbonyl (C=O) groups is 1. The van der Waals surface area contributed by atoms with Crippen molar-refractivity contribution in [1.82, 2.24) is 20.0 Å². The Balaban J connectivity index is 1.79. The minimum absolute atomic E-state index is 0.00515. The molecule has 0 spiro atoms. The normalized spacial score (nSPS) is 19.1. The first-order valence-electron chi connectivity index (χ1n) is 11.4. The number of nitrogens with two attached hydrogens (primary N) is 1. The third kappa shape index (κ3) is 7.06. The zero-order valence-electron chi connectivity index (χ0n) is 20.4. The van der Waals surface area contributed by atoms with E-state index in [0.717, 1.165) is 12.1 Å². The number of nitrogens with one attached hydrogen (secondary N) is 2. The first-order valence-corrected chi connectivity index (χ1v) is 12.9. The van der Waals surface area contributed by atoms with Gasteiger partial charge in [0.2, 0.25) is 16.0 Å². The van der Waals surface area contributed by atoms with Crippen molar-refractivity contribution >= 4 is 22.1 Å². The number of aromatic nitrogens is 2. The lowest BCUT2D eigenvalue weighted by Crippen LogP contribution is -2.45. The Hall–Kier alpha value is -2.93. The highest BCUT2D eigenvalue weighted by Crippen LogP contribution is 2.37. The highest BCUT2D eigenvalue weighted by Gasteiger charge is 2.38. The van der Waals surface area contributed by atoms with Gasteiger partial charge in [-0.15, -0.1) is 0 Å². The number of hydrogen-bond acceptors (Lipinski definition) is 7. The quantitative estimate of drug-likeness (QED) is 0.529. The summed E-state index contributed by atoms with van der Waals surface area (Å²) in [5.41, 5.74) is 4.60. The highest BCUT2D eigenvalue weighted by atomic mass is 32.2. The molecule has 0 saturated heterocycles. The number of anilines is 1. The summed E-state index contributed by atoms with van der Waals surface area (Å²) in [5.74, 6) is -0.00515. The van der Waals surface area contributed by atoms with Gasteiger partial charge in [0, 0.05) is 23.8 Å². The van der Waals surface area contributed by atoms with Crippen LogP contribution in [0.4, 0.5) is 23.9 Å². The summed E-state index contributed by atoms with van der Waals surface area (Å²) in [5, 5.41) is 2.75. The molecule has 0 atom stereocenters. The number of alkyl halides is 3. The summed E-state index contributed by atoms with van der Waals surface area (Å²) >= 11 is 0. The van der Waals surface area contributed by atoms with E-state index < -0.39 is 44.4 Å². The average molecular weight is 530 g/mol. The molecule has 1 aliphatic carbocycles. The number of hydrogen-bond donors (Lipinski definition) is 3. The summed E-state index contributed by atoms with van der Waals surface area (Å²) in [6.07, 6.45) is -2.55. The van der Waals surface area contributed by atoms with E-state index in [1.165, 1.54) is 12.3 Å². The molecule has 1 saturated carbocycles. The van der Waals surface area contributed by atoms with Crippen LogP contribution >= 0.6 is 0 Å². The van der Waals surface area contributed by atoms with Gasteiger partial charge in [0.15, 0.2) is 0 Å². The van der Waals surface area contributed by atoms with Crippen LogP contribution < -0.4 is 15.8 Å². The van der Waals surface area contributed by atoms with Crippen LogP contribution in [0, 0.1) is 6.92 Å². The van der Waals surface area contributed by atoms with Crippen molar-refractivity contribution in [2.24, 2.45) is 0 Å². The maximum atomic E-state index is 13.7. The Kier molecular flexibility index (Phi) is 7.84. The first-order chi connectivity index (χ1) is 16.5. The van der Waals surface area contributed by atoms with Gasteiger partial charge in [-0.3, -0.25) is 0 Å². The van der Waals surface area contributed by atoms with Gasteiger partial charge in [-0.05, 0) is 71.1 Å². The molecule has 2 aromatic rings. The number of carbonyl (C=O) groups excluding carboxylic acids is 1. The second-order valence-corrected chi connectivity index (χ2v) is 11.4.